The zero-order valence-corrected chi connectivity index (χ0v) is 11.2. The molecule has 0 aromatic heterocycles. The Kier molecular flexibility index (Phi) is 10.3. The Balaban J connectivity index is 3.63. The van der Waals surface area contributed by atoms with Crippen LogP contribution >= 0.6 is 0 Å². The highest BCUT2D eigenvalue weighted by molar-refractivity contribution is 5.81. The molecule has 0 rings (SSSR count). The fraction of sp³-hybridized carbons (Fsp3) is 0.533. The Labute approximate surface area is 105 Å². The van der Waals surface area contributed by atoms with Gasteiger partial charge in [0.15, 0.2) is 0 Å². The SMILES string of the molecule is C/C=C/C=C/C[C@H](C)CC/C=C/C(=O)OCC. The molecule has 0 aliphatic rings. The summed E-state index contributed by atoms with van der Waals surface area (Å²) >= 11 is 0. The summed E-state index contributed by atoms with van der Waals surface area (Å²) in [6.45, 7) is 6.48. The fourth-order valence-corrected chi connectivity index (χ4v) is 1.37. The van der Waals surface area contributed by atoms with Crippen molar-refractivity contribution in [2.45, 2.75) is 40.0 Å². The molecule has 96 valence electrons. The average molecular weight is 236 g/mol. The largest absolute Gasteiger partial charge is 0.463 e. The molecular formula is C15H24O2. The minimum Gasteiger partial charge on any atom is -0.463 e. The first kappa shape index (κ1) is 15.7. The summed E-state index contributed by atoms with van der Waals surface area (Å²) < 4.78 is 4.80. The van der Waals surface area contributed by atoms with Crippen LogP contribution < -0.4 is 0 Å². The first-order valence-electron chi connectivity index (χ1n) is 6.31. The van der Waals surface area contributed by atoms with E-state index in [9.17, 15) is 4.79 Å². The molecule has 1 atom stereocenters. The van der Waals surface area contributed by atoms with Crippen LogP contribution in [0.5, 0.6) is 0 Å². The Bertz CT molecular complexity index is 275. The van der Waals surface area contributed by atoms with Gasteiger partial charge in [-0.1, -0.05) is 37.3 Å². The van der Waals surface area contributed by atoms with Crippen LogP contribution in [-0.2, 0) is 9.53 Å². The van der Waals surface area contributed by atoms with Gasteiger partial charge in [0, 0.05) is 6.08 Å². The van der Waals surface area contributed by atoms with Crippen LogP contribution in [0.1, 0.15) is 40.0 Å². The Morgan fingerprint density at radius 1 is 1.29 bits per heavy atom. The lowest BCUT2D eigenvalue weighted by molar-refractivity contribution is -0.137. The molecule has 0 aromatic rings. The van der Waals surface area contributed by atoms with Gasteiger partial charge in [0.2, 0.25) is 0 Å². The van der Waals surface area contributed by atoms with Crippen LogP contribution in [0.15, 0.2) is 36.5 Å². The molecule has 0 fully saturated rings. The second-order valence-electron chi connectivity index (χ2n) is 4.03. The van der Waals surface area contributed by atoms with Crippen molar-refractivity contribution >= 4 is 5.97 Å². The van der Waals surface area contributed by atoms with E-state index < -0.39 is 0 Å². The highest BCUT2D eigenvalue weighted by Gasteiger charge is 1.98. The maximum absolute atomic E-state index is 11.0. The highest BCUT2D eigenvalue weighted by Crippen LogP contribution is 2.11. The van der Waals surface area contributed by atoms with Gasteiger partial charge in [-0.15, -0.1) is 0 Å². The molecule has 2 heteroatoms. The summed E-state index contributed by atoms with van der Waals surface area (Å²) in [6.07, 6.45) is 14.8. The van der Waals surface area contributed by atoms with E-state index in [2.05, 4.69) is 19.1 Å². The van der Waals surface area contributed by atoms with Crippen LogP contribution in [-0.4, -0.2) is 12.6 Å². The number of carbonyl (C=O) groups is 1. The van der Waals surface area contributed by atoms with Gasteiger partial charge in [-0.2, -0.15) is 0 Å². The number of ether oxygens (including phenoxy) is 1. The molecule has 0 radical (unpaired) electrons. The van der Waals surface area contributed by atoms with Crippen molar-refractivity contribution in [3.05, 3.63) is 36.5 Å². The summed E-state index contributed by atoms with van der Waals surface area (Å²) in [6, 6.07) is 0. The molecule has 0 aromatic carbocycles. The van der Waals surface area contributed by atoms with Gasteiger partial charge in [0.05, 0.1) is 6.61 Å². The molecule has 0 amide bonds. The summed E-state index contributed by atoms with van der Waals surface area (Å²) in [4.78, 5) is 11.0. The summed E-state index contributed by atoms with van der Waals surface area (Å²) in [5.41, 5.74) is 0. The van der Waals surface area contributed by atoms with Crippen LogP contribution in [0.25, 0.3) is 0 Å². The van der Waals surface area contributed by atoms with Crippen molar-refractivity contribution in [2.75, 3.05) is 6.61 Å². The predicted octanol–water partition coefficient (Wildman–Crippen LogP) is 4.04. The second kappa shape index (κ2) is 11.2. The topological polar surface area (TPSA) is 26.3 Å². The Morgan fingerprint density at radius 2 is 2.06 bits per heavy atom. The van der Waals surface area contributed by atoms with Gasteiger partial charge in [-0.3, -0.25) is 0 Å². The maximum atomic E-state index is 11.0. The van der Waals surface area contributed by atoms with Crippen molar-refractivity contribution < 1.29 is 9.53 Å². The minimum atomic E-state index is -0.242. The first-order valence-corrected chi connectivity index (χ1v) is 6.31. The zero-order valence-electron chi connectivity index (χ0n) is 11.2. The van der Waals surface area contributed by atoms with Crippen LogP contribution in [0.4, 0.5) is 0 Å². The number of carbonyl (C=O) groups excluding carboxylic acids is 1. The van der Waals surface area contributed by atoms with Crippen LogP contribution in [0.2, 0.25) is 0 Å². The fourth-order valence-electron chi connectivity index (χ4n) is 1.37. The summed E-state index contributed by atoms with van der Waals surface area (Å²) in [5, 5.41) is 0. The number of rotatable bonds is 8. The standard InChI is InChI=1S/C15H24O2/c1-4-6-7-8-11-14(3)12-9-10-13-15(16)17-5-2/h4,6-8,10,13-14H,5,9,11-12H2,1-3H3/b6-4+,8-7+,13-10+/t14-/m0/s1. The van der Waals surface area contributed by atoms with E-state index in [0.29, 0.717) is 12.5 Å². The minimum absolute atomic E-state index is 0.242. The summed E-state index contributed by atoms with van der Waals surface area (Å²) in [5.74, 6) is 0.400. The quantitative estimate of drug-likeness (QED) is 0.361. The second-order valence-corrected chi connectivity index (χ2v) is 4.03. The molecule has 0 saturated carbocycles. The molecule has 2 nitrogen and oxygen atoms in total. The third kappa shape index (κ3) is 11.0. The van der Waals surface area contributed by atoms with Crippen molar-refractivity contribution in [3.63, 3.8) is 0 Å². The number of esters is 1. The molecule has 0 heterocycles. The smallest absolute Gasteiger partial charge is 0.330 e. The van der Waals surface area contributed by atoms with Gasteiger partial charge < -0.3 is 4.74 Å². The average Bonchev–Trinajstić information content (AvgIpc) is 2.31. The van der Waals surface area contributed by atoms with Crippen molar-refractivity contribution in [1.82, 2.24) is 0 Å². The molecule has 17 heavy (non-hydrogen) atoms. The van der Waals surface area contributed by atoms with E-state index in [-0.39, 0.29) is 5.97 Å². The number of hydrogen-bond donors (Lipinski definition) is 0. The lowest BCUT2D eigenvalue weighted by atomic mass is 10.0. The molecule has 0 N–H and O–H groups in total. The van der Waals surface area contributed by atoms with Crippen molar-refractivity contribution in [3.8, 4) is 0 Å². The lowest BCUT2D eigenvalue weighted by Crippen LogP contribution is -1.99. The normalized spacial score (nSPS) is 13.8. The zero-order chi connectivity index (χ0) is 12.9. The van der Waals surface area contributed by atoms with E-state index in [0.717, 1.165) is 19.3 Å². The highest BCUT2D eigenvalue weighted by atomic mass is 16.5. The molecule has 0 aliphatic carbocycles. The van der Waals surface area contributed by atoms with Gasteiger partial charge in [-0.25, -0.2) is 4.79 Å². The van der Waals surface area contributed by atoms with E-state index in [1.165, 1.54) is 6.08 Å². The van der Waals surface area contributed by atoms with Crippen molar-refractivity contribution in [2.24, 2.45) is 5.92 Å². The predicted molar refractivity (Wildman–Crippen MR) is 72.7 cm³/mol. The van der Waals surface area contributed by atoms with Crippen LogP contribution in [0, 0.1) is 5.92 Å². The van der Waals surface area contributed by atoms with Gasteiger partial charge in [0.1, 0.15) is 0 Å². The Morgan fingerprint density at radius 3 is 2.71 bits per heavy atom. The molecule has 0 saturated heterocycles. The number of hydrogen-bond acceptors (Lipinski definition) is 2. The molecule has 0 unspecified atom stereocenters. The van der Waals surface area contributed by atoms with E-state index in [1.54, 1.807) is 0 Å². The summed E-state index contributed by atoms with van der Waals surface area (Å²) in [7, 11) is 0. The lowest BCUT2D eigenvalue weighted by Gasteiger charge is -2.05. The van der Waals surface area contributed by atoms with Crippen LogP contribution in [0.3, 0.4) is 0 Å². The van der Waals surface area contributed by atoms with Gasteiger partial charge in [-0.05, 0) is 39.0 Å². The maximum Gasteiger partial charge on any atom is 0.330 e. The van der Waals surface area contributed by atoms with E-state index in [4.69, 9.17) is 4.74 Å². The first-order chi connectivity index (χ1) is 8.20. The molecular weight excluding hydrogens is 212 g/mol. The van der Waals surface area contributed by atoms with Crippen molar-refractivity contribution in [1.29, 1.82) is 0 Å². The number of allylic oxidation sites excluding steroid dienone is 5. The molecule has 0 bridgehead atoms. The monoisotopic (exact) mass is 236 g/mol. The van der Waals surface area contributed by atoms with Gasteiger partial charge in [0.25, 0.3) is 0 Å². The Hall–Kier alpha value is -1.31. The third-order valence-corrected chi connectivity index (χ3v) is 2.34. The third-order valence-electron chi connectivity index (χ3n) is 2.34. The molecule has 0 aliphatic heterocycles. The van der Waals surface area contributed by atoms with E-state index in [1.807, 2.05) is 32.1 Å². The molecule has 0 spiro atoms. The van der Waals surface area contributed by atoms with Gasteiger partial charge >= 0.3 is 5.97 Å². The van der Waals surface area contributed by atoms with E-state index >= 15 is 0 Å².